The van der Waals surface area contributed by atoms with Gasteiger partial charge in [0.15, 0.2) is 5.69 Å². The van der Waals surface area contributed by atoms with Gasteiger partial charge < -0.3 is 19.5 Å². The molecule has 0 radical (unpaired) electrons. The fourth-order valence-corrected chi connectivity index (χ4v) is 3.30. The first kappa shape index (κ1) is 19.2. The molecule has 1 fully saturated rings. The number of benzene rings is 1. The zero-order valence-electron chi connectivity index (χ0n) is 16.1. The number of carbonyl (C=O) groups excluding carboxylic acids is 1. The van der Waals surface area contributed by atoms with Crippen LogP contribution in [-0.4, -0.2) is 51.9 Å². The van der Waals surface area contributed by atoms with Crippen LogP contribution in [0.2, 0.25) is 0 Å². The van der Waals surface area contributed by atoms with E-state index in [0.717, 1.165) is 24.3 Å². The molecule has 0 aliphatic carbocycles. The third-order valence-corrected chi connectivity index (χ3v) is 4.99. The van der Waals surface area contributed by atoms with E-state index in [4.69, 9.17) is 9.47 Å². The SMILES string of the molecule is COc1cccc(OCc2cc(C(=O)N3CCC[C@H](C(C)(C)O)C3)n[nH]2)c1. The van der Waals surface area contributed by atoms with E-state index >= 15 is 0 Å². The third-order valence-electron chi connectivity index (χ3n) is 4.99. The lowest BCUT2D eigenvalue weighted by Gasteiger charge is -2.38. The van der Waals surface area contributed by atoms with Crippen LogP contribution in [0, 0.1) is 5.92 Å². The minimum absolute atomic E-state index is 0.0741. The van der Waals surface area contributed by atoms with Crippen LogP contribution >= 0.6 is 0 Å². The van der Waals surface area contributed by atoms with E-state index in [9.17, 15) is 9.90 Å². The number of H-pyrrole nitrogens is 1. The van der Waals surface area contributed by atoms with Crippen LogP contribution < -0.4 is 9.47 Å². The number of piperidine rings is 1. The Morgan fingerprint density at radius 3 is 2.89 bits per heavy atom. The van der Waals surface area contributed by atoms with Crippen molar-refractivity contribution in [1.82, 2.24) is 15.1 Å². The summed E-state index contributed by atoms with van der Waals surface area (Å²) in [6.07, 6.45) is 1.81. The van der Waals surface area contributed by atoms with Gasteiger partial charge in [0.05, 0.1) is 18.4 Å². The number of amides is 1. The first-order valence-corrected chi connectivity index (χ1v) is 9.19. The van der Waals surface area contributed by atoms with E-state index in [2.05, 4.69) is 10.2 Å². The Labute approximate surface area is 159 Å². The Morgan fingerprint density at radius 2 is 2.15 bits per heavy atom. The van der Waals surface area contributed by atoms with Crippen molar-refractivity contribution < 1.29 is 19.4 Å². The summed E-state index contributed by atoms with van der Waals surface area (Å²) >= 11 is 0. The molecule has 0 spiro atoms. The van der Waals surface area contributed by atoms with Gasteiger partial charge in [-0.1, -0.05) is 6.07 Å². The van der Waals surface area contributed by atoms with Crippen molar-refractivity contribution in [2.75, 3.05) is 20.2 Å². The van der Waals surface area contributed by atoms with Gasteiger partial charge in [-0.3, -0.25) is 9.89 Å². The highest BCUT2D eigenvalue weighted by Gasteiger charge is 2.33. The minimum Gasteiger partial charge on any atom is -0.497 e. The predicted octanol–water partition coefficient (Wildman–Crippen LogP) is 2.62. The lowest BCUT2D eigenvalue weighted by Crippen LogP contribution is -2.47. The summed E-state index contributed by atoms with van der Waals surface area (Å²) in [5, 5.41) is 17.3. The molecule has 1 atom stereocenters. The quantitative estimate of drug-likeness (QED) is 0.813. The van der Waals surface area contributed by atoms with Gasteiger partial charge in [-0.25, -0.2) is 0 Å². The number of aromatic amines is 1. The molecular formula is C20H27N3O4. The second-order valence-electron chi connectivity index (χ2n) is 7.49. The minimum atomic E-state index is -0.791. The molecule has 0 saturated carbocycles. The van der Waals surface area contributed by atoms with E-state index in [0.29, 0.717) is 24.5 Å². The number of rotatable bonds is 6. The average molecular weight is 373 g/mol. The summed E-state index contributed by atoms with van der Waals surface area (Å²) in [6, 6.07) is 9.06. The standard InChI is InChI=1S/C20H27N3O4/c1-20(2,25)14-6-5-9-23(12-14)19(24)18-10-15(21-22-18)13-27-17-8-4-7-16(11-17)26-3/h4,7-8,10-11,14,25H,5-6,9,12-13H2,1-3H3,(H,21,22)/t14-/m0/s1. The number of aromatic nitrogens is 2. The lowest BCUT2D eigenvalue weighted by molar-refractivity contribution is -0.0147. The number of likely N-dealkylation sites (tertiary alicyclic amines) is 1. The molecule has 2 aromatic rings. The van der Waals surface area contributed by atoms with E-state index in [1.165, 1.54) is 0 Å². The summed E-state index contributed by atoms with van der Waals surface area (Å²) in [7, 11) is 1.61. The van der Waals surface area contributed by atoms with Crippen LogP contribution in [0.4, 0.5) is 0 Å². The maximum absolute atomic E-state index is 12.7. The molecule has 1 amide bonds. The number of hydrogen-bond acceptors (Lipinski definition) is 5. The van der Waals surface area contributed by atoms with Gasteiger partial charge in [-0.15, -0.1) is 0 Å². The largest absolute Gasteiger partial charge is 0.497 e. The fraction of sp³-hybridized carbons (Fsp3) is 0.500. The number of aliphatic hydroxyl groups is 1. The van der Waals surface area contributed by atoms with Gasteiger partial charge in [0, 0.05) is 25.1 Å². The van der Waals surface area contributed by atoms with Crippen LogP contribution in [0.15, 0.2) is 30.3 Å². The number of carbonyl (C=O) groups is 1. The van der Waals surface area contributed by atoms with Crippen LogP contribution in [0.3, 0.4) is 0 Å². The molecule has 0 bridgehead atoms. The molecule has 1 aromatic heterocycles. The van der Waals surface area contributed by atoms with E-state index in [-0.39, 0.29) is 18.4 Å². The Hall–Kier alpha value is -2.54. The van der Waals surface area contributed by atoms with Crippen LogP contribution in [0.1, 0.15) is 42.9 Å². The second kappa shape index (κ2) is 8.00. The monoisotopic (exact) mass is 373 g/mol. The van der Waals surface area contributed by atoms with Crippen LogP contribution in [-0.2, 0) is 6.61 Å². The first-order chi connectivity index (χ1) is 12.9. The van der Waals surface area contributed by atoms with E-state index < -0.39 is 5.60 Å². The molecule has 1 aliphatic heterocycles. The second-order valence-corrected chi connectivity index (χ2v) is 7.49. The van der Waals surface area contributed by atoms with Gasteiger partial charge in [0.25, 0.3) is 5.91 Å². The molecule has 1 saturated heterocycles. The predicted molar refractivity (Wildman–Crippen MR) is 101 cm³/mol. The Morgan fingerprint density at radius 1 is 1.37 bits per heavy atom. The zero-order chi connectivity index (χ0) is 19.4. The zero-order valence-corrected chi connectivity index (χ0v) is 16.1. The van der Waals surface area contributed by atoms with Crippen molar-refractivity contribution in [2.24, 2.45) is 5.92 Å². The third kappa shape index (κ3) is 4.80. The van der Waals surface area contributed by atoms with Gasteiger partial charge in [0.1, 0.15) is 18.1 Å². The topological polar surface area (TPSA) is 87.7 Å². The molecule has 1 aromatic carbocycles. The van der Waals surface area contributed by atoms with Crippen molar-refractivity contribution in [2.45, 2.75) is 38.9 Å². The summed E-state index contributed by atoms with van der Waals surface area (Å²) in [5.74, 6) is 1.36. The maximum atomic E-state index is 12.7. The Balaban J connectivity index is 1.60. The van der Waals surface area contributed by atoms with Crippen molar-refractivity contribution in [3.63, 3.8) is 0 Å². The Kier molecular flexibility index (Phi) is 5.70. The van der Waals surface area contributed by atoms with Gasteiger partial charge in [0.2, 0.25) is 0 Å². The normalized spacial score (nSPS) is 17.6. The number of nitrogens with one attached hydrogen (secondary N) is 1. The fourth-order valence-electron chi connectivity index (χ4n) is 3.30. The van der Waals surface area contributed by atoms with Gasteiger partial charge in [-0.2, -0.15) is 5.10 Å². The number of ether oxygens (including phenoxy) is 2. The molecule has 146 valence electrons. The molecule has 2 heterocycles. The van der Waals surface area contributed by atoms with E-state index in [1.807, 2.05) is 18.2 Å². The molecule has 7 heteroatoms. The average Bonchev–Trinajstić information content (AvgIpc) is 3.14. The highest BCUT2D eigenvalue weighted by Crippen LogP contribution is 2.27. The van der Waals surface area contributed by atoms with Crippen molar-refractivity contribution in [3.05, 3.63) is 41.7 Å². The summed E-state index contributed by atoms with van der Waals surface area (Å²) in [4.78, 5) is 14.5. The maximum Gasteiger partial charge on any atom is 0.274 e. The van der Waals surface area contributed by atoms with Gasteiger partial charge in [-0.05, 0) is 44.9 Å². The molecule has 1 aliphatic rings. The molecule has 7 nitrogen and oxygen atoms in total. The summed E-state index contributed by atoms with van der Waals surface area (Å²) < 4.78 is 10.9. The van der Waals surface area contributed by atoms with Crippen LogP contribution in [0.25, 0.3) is 0 Å². The number of hydrogen-bond donors (Lipinski definition) is 2. The summed E-state index contributed by atoms with van der Waals surface area (Å²) in [5.41, 5.74) is 0.299. The molecule has 27 heavy (non-hydrogen) atoms. The van der Waals surface area contributed by atoms with Crippen molar-refractivity contribution in [1.29, 1.82) is 0 Å². The Bertz CT molecular complexity index is 782. The molecular weight excluding hydrogens is 346 g/mol. The van der Waals surface area contributed by atoms with Gasteiger partial charge >= 0.3 is 0 Å². The molecule has 2 N–H and O–H groups in total. The number of methoxy groups -OCH3 is 1. The summed E-state index contributed by atoms with van der Waals surface area (Å²) in [6.45, 7) is 5.11. The van der Waals surface area contributed by atoms with Crippen molar-refractivity contribution >= 4 is 5.91 Å². The highest BCUT2D eigenvalue weighted by molar-refractivity contribution is 5.92. The molecule has 0 unspecified atom stereocenters. The first-order valence-electron chi connectivity index (χ1n) is 9.19. The highest BCUT2D eigenvalue weighted by atomic mass is 16.5. The molecule has 3 rings (SSSR count). The van der Waals surface area contributed by atoms with E-state index in [1.54, 1.807) is 38.0 Å². The number of nitrogens with zero attached hydrogens (tertiary/aromatic N) is 2. The van der Waals surface area contributed by atoms with Crippen LogP contribution in [0.5, 0.6) is 11.5 Å². The smallest absolute Gasteiger partial charge is 0.274 e. The lowest BCUT2D eigenvalue weighted by atomic mass is 9.84. The van der Waals surface area contributed by atoms with Crippen molar-refractivity contribution in [3.8, 4) is 11.5 Å².